The van der Waals surface area contributed by atoms with Gasteiger partial charge in [0.15, 0.2) is 0 Å². The van der Waals surface area contributed by atoms with Gasteiger partial charge in [0.1, 0.15) is 5.75 Å². The number of nitrogens with one attached hydrogen (secondary N) is 1. The van der Waals surface area contributed by atoms with E-state index in [0.717, 1.165) is 46.5 Å². The first-order valence-corrected chi connectivity index (χ1v) is 16.1. The van der Waals surface area contributed by atoms with Crippen molar-refractivity contribution >= 4 is 35.0 Å². The average Bonchev–Trinajstić information content (AvgIpc) is 3.30. The number of aryl methyl sites for hydroxylation is 2. The number of amides is 2. The number of aliphatic hydroxyl groups excluding tert-OH is 3. The lowest BCUT2D eigenvalue weighted by molar-refractivity contribution is -0.123. The minimum Gasteiger partial charge on any atom is -0.507 e. The maximum Gasteiger partial charge on any atom is 0.238 e. The normalized spacial score (nSPS) is 20.7. The number of imide groups is 1. The van der Waals surface area contributed by atoms with E-state index in [4.69, 9.17) is 0 Å². The van der Waals surface area contributed by atoms with Crippen molar-refractivity contribution in [2.75, 3.05) is 23.4 Å². The molecule has 3 aromatic carbocycles. The van der Waals surface area contributed by atoms with E-state index < -0.39 is 36.4 Å². The summed E-state index contributed by atoms with van der Waals surface area (Å²) in [6.07, 6.45) is 3.91. The van der Waals surface area contributed by atoms with E-state index in [2.05, 4.69) is 18.3 Å². The molecule has 1 aliphatic carbocycles. The van der Waals surface area contributed by atoms with Gasteiger partial charge >= 0.3 is 0 Å². The summed E-state index contributed by atoms with van der Waals surface area (Å²) in [5.41, 5.74) is 6.87. The Morgan fingerprint density at radius 3 is 2.22 bits per heavy atom. The van der Waals surface area contributed by atoms with Gasteiger partial charge < -0.3 is 25.7 Å². The number of carbonyl (C=O) groups excluding carboxylic acids is 2. The van der Waals surface area contributed by atoms with Gasteiger partial charge in [-0.2, -0.15) is 0 Å². The van der Waals surface area contributed by atoms with Crippen molar-refractivity contribution < 1.29 is 30.0 Å². The SMILES string of the molecule is CCC/C(=C\c1cc(C)c(O)c(C)c1)CC[C@@H](O)C1=C(CO)C[C@H]2C(=O)N(c3ccc(Nc4ccccc4)cc3)C(=O)[C@H]2[C@H]1CO. The van der Waals surface area contributed by atoms with Crippen LogP contribution in [0, 0.1) is 31.6 Å². The number of allylic oxidation sites excluding steroid dienone is 1. The lowest BCUT2D eigenvalue weighted by atomic mass is 9.68. The highest BCUT2D eigenvalue weighted by molar-refractivity contribution is 6.22. The van der Waals surface area contributed by atoms with E-state index >= 15 is 0 Å². The van der Waals surface area contributed by atoms with Gasteiger partial charge in [0, 0.05) is 17.3 Å². The molecule has 2 aliphatic rings. The third-order valence-corrected chi connectivity index (χ3v) is 9.31. The Balaban J connectivity index is 1.34. The van der Waals surface area contributed by atoms with Gasteiger partial charge in [-0.3, -0.25) is 14.5 Å². The van der Waals surface area contributed by atoms with Gasteiger partial charge in [-0.15, -0.1) is 0 Å². The highest BCUT2D eigenvalue weighted by Crippen LogP contribution is 2.47. The highest BCUT2D eigenvalue weighted by atomic mass is 16.3. The molecule has 1 heterocycles. The number of fused-ring (bicyclic) bond motifs is 1. The van der Waals surface area contributed by atoms with E-state index in [1.54, 1.807) is 12.1 Å². The molecular formula is C38H44N2O6. The molecular weight excluding hydrogens is 580 g/mol. The molecule has 242 valence electrons. The monoisotopic (exact) mass is 624 g/mol. The number of aromatic hydroxyl groups is 1. The summed E-state index contributed by atoms with van der Waals surface area (Å²) in [5.74, 6) is -2.80. The predicted molar refractivity (Wildman–Crippen MR) is 181 cm³/mol. The smallest absolute Gasteiger partial charge is 0.238 e. The Kier molecular flexibility index (Phi) is 10.4. The van der Waals surface area contributed by atoms with Gasteiger partial charge in [-0.1, -0.05) is 43.2 Å². The quantitative estimate of drug-likeness (QED) is 0.120. The minimum absolute atomic E-state index is 0.155. The molecule has 0 radical (unpaired) electrons. The van der Waals surface area contributed by atoms with Crippen molar-refractivity contribution in [1.82, 2.24) is 0 Å². The van der Waals surface area contributed by atoms with Crippen LogP contribution in [0.2, 0.25) is 0 Å². The fraction of sp³-hybridized carbons (Fsp3) is 0.368. The highest BCUT2D eigenvalue weighted by Gasteiger charge is 2.55. The van der Waals surface area contributed by atoms with Gasteiger partial charge in [-0.05, 0) is 116 Å². The summed E-state index contributed by atoms with van der Waals surface area (Å²) in [5, 5.41) is 46.0. The second-order valence-electron chi connectivity index (χ2n) is 12.5. The Bertz CT molecular complexity index is 1610. The molecule has 4 atom stereocenters. The minimum atomic E-state index is -0.996. The van der Waals surface area contributed by atoms with Crippen LogP contribution >= 0.6 is 0 Å². The van der Waals surface area contributed by atoms with Crippen molar-refractivity contribution in [2.24, 2.45) is 17.8 Å². The fourth-order valence-corrected chi connectivity index (χ4v) is 7.12. The maximum atomic E-state index is 13.9. The number of nitrogens with zero attached hydrogens (tertiary/aromatic N) is 1. The number of para-hydroxylation sites is 1. The molecule has 5 N–H and O–H groups in total. The number of benzene rings is 3. The van der Waals surface area contributed by atoms with Crippen molar-refractivity contribution in [3.05, 3.63) is 100 Å². The molecule has 0 unspecified atom stereocenters. The second-order valence-corrected chi connectivity index (χ2v) is 12.5. The number of aliphatic hydroxyl groups is 3. The van der Waals surface area contributed by atoms with E-state index in [1.165, 1.54) is 4.90 Å². The Morgan fingerprint density at radius 2 is 1.61 bits per heavy atom. The predicted octanol–water partition coefficient (Wildman–Crippen LogP) is 6.18. The first-order chi connectivity index (χ1) is 22.2. The van der Waals surface area contributed by atoms with Crippen LogP contribution in [0.15, 0.2) is 83.4 Å². The topological polar surface area (TPSA) is 130 Å². The largest absolute Gasteiger partial charge is 0.507 e. The molecule has 0 bridgehead atoms. The van der Waals surface area contributed by atoms with Crippen molar-refractivity contribution in [3.63, 3.8) is 0 Å². The molecule has 0 saturated carbocycles. The standard InChI is InChI=1S/C38H44N2O6/c1-4-8-25(19-26-17-23(2)36(44)24(3)18-26)11-16-33(43)34-27(21-41)20-31-35(32(34)22-42)38(46)40(37(31)45)30-14-12-29(13-15-30)39-28-9-6-5-7-10-28/h5-7,9-10,12-15,17-19,31-33,35,39,41-44H,4,8,11,16,20-22H2,1-3H3/b25-19+/t31-,32+,33-,35-/m1/s1. The summed E-state index contributed by atoms with van der Waals surface area (Å²) >= 11 is 0. The molecule has 5 rings (SSSR count). The van der Waals surface area contributed by atoms with Crippen LogP contribution in [0.1, 0.15) is 55.7 Å². The average molecular weight is 625 g/mol. The third-order valence-electron chi connectivity index (χ3n) is 9.31. The number of hydrogen-bond donors (Lipinski definition) is 5. The number of phenolic OH excluding ortho intramolecular Hbond substituents is 1. The molecule has 0 aromatic heterocycles. The van der Waals surface area contributed by atoms with E-state index in [0.29, 0.717) is 29.7 Å². The molecule has 8 nitrogen and oxygen atoms in total. The van der Waals surface area contributed by atoms with Crippen LogP contribution in [-0.4, -0.2) is 51.6 Å². The summed E-state index contributed by atoms with van der Waals surface area (Å²) in [4.78, 5) is 28.7. The molecule has 3 aromatic rings. The van der Waals surface area contributed by atoms with Crippen LogP contribution in [0.25, 0.3) is 6.08 Å². The maximum absolute atomic E-state index is 13.9. The number of hydrogen-bond acceptors (Lipinski definition) is 7. The molecule has 46 heavy (non-hydrogen) atoms. The fourth-order valence-electron chi connectivity index (χ4n) is 7.12. The summed E-state index contributed by atoms with van der Waals surface area (Å²) in [6.45, 7) is 5.04. The zero-order valence-electron chi connectivity index (χ0n) is 26.7. The number of phenols is 1. The van der Waals surface area contributed by atoms with Gasteiger partial charge in [-0.25, -0.2) is 0 Å². The van der Waals surface area contributed by atoms with Crippen LogP contribution in [-0.2, 0) is 9.59 Å². The summed E-state index contributed by atoms with van der Waals surface area (Å²) in [6, 6.07) is 20.6. The van der Waals surface area contributed by atoms with Crippen LogP contribution in [0.4, 0.5) is 17.1 Å². The molecule has 1 fully saturated rings. The summed E-state index contributed by atoms with van der Waals surface area (Å²) < 4.78 is 0. The first kappa shape index (κ1) is 33.1. The van der Waals surface area contributed by atoms with Gasteiger partial charge in [0.05, 0.1) is 36.8 Å². The number of carbonyl (C=O) groups is 2. The van der Waals surface area contributed by atoms with Crippen molar-refractivity contribution in [2.45, 2.75) is 59.0 Å². The van der Waals surface area contributed by atoms with E-state index in [1.807, 2.05) is 68.4 Å². The van der Waals surface area contributed by atoms with Gasteiger partial charge in [0.25, 0.3) is 0 Å². The number of anilines is 3. The molecule has 0 spiro atoms. The van der Waals surface area contributed by atoms with Crippen molar-refractivity contribution in [1.29, 1.82) is 0 Å². The van der Waals surface area contributed by atoms with Crippen LogP contribution < -0.4 is 10.2 Å². The third kappa shape index (κ3) is 6.79. The van der Waals surface area contributed by atoms with E-state index in [-0.39, 0.29) is 24.7 Å². The van der Waals surface area contributed by atoms with Crippen LogP contribution in [0.5, 0.6) is 5.75 Å². The molecule has 1 aliphatic heterocycles. The molecule has 1 saturated heterocycles. The Hall–Kier alpha value is -4.24. The van der Waals surface area contributed by atoms with Crippen LogP contribution in [0.3, 0.4) is 0 Å². The lowest BCUT2D eigenvalue weighted by Gasteiger charge is -2.36. The second kappa shape index (κ2) is 14.5. The molecule has 8 heteroatoms. The van der Waals surface area contributed by atoms with Crippen molar-refractivity contribution in [3.8, 4) is 5.75 Å². The van der Waals surface area contributed by atoms with E-state index in [9.17, 15) is 30.0 Å². The summed E-state index contributed by atoms with van der Waals surface area (Å²) in [7, 11) is 0. The lowest BCUT2D eigenvalue weighted by Crippen LogP contribution is -2.39. The Labute approximate surface area is 270 Å². The first-order valence-electron chi connectivity index (χ1n) is 16.1. The van der Waals surface area contributed by atoms with Gasteiger partial charge in [0.2, 0.25) is 11.8 Å². The molecule has 2 amide bonds. The Morgan fingerprint density at radius 1 is 0.957 bits per heavy atom. The zero-order chi connectivity index (χ0) is 33.0. The number of rotatable bonds is 12. The zero-order valence-corrected chi connectivity index (χ0v) is 26.7.